The Labute approximate surface area is 117 Å². The summed E-state index contributed by atoms with van der Waals surface area (Å²) in [6, 6.07) is 13.6. The quantitative estimate of drug-likeness (QED) is 0.761. The third-order valence-corrected chi connectivity index (χ3v) is 3.47. The number of rotatable bonds is 4. The van der Waals surface area contributed by atoms with Crippen molar-refractivity contribution in [1.29, 1.82) is 0 Å². The molecular formula is C16H16N2O2. The predicted molar refractivity (Wildman–Crippen MR) is 77.4 cm³/mol. The molecule has 20 heavy (non-hydrogen) atoms. The monoisotopic (exact) mass is 268 g/mol. The summed E-state index contributed by atoms with van der Waals surface area (Å²) < 4.78 is 5.05. The van der Waals surface area contributed by atoms with Gasteiger partial charge in [0.15, 0.2) is 0 Å². The van der Waals surface area contributed by atoms with Crippen molar-refractivity contribution < 1.29 is 9.63 Å². The molecule has 4 nitrogen and oxygen atoms in total. The Kier molecular flexibility index (Phi) is 3.39. The van der Waals surface area contributed by atoms with E-state index < -0.39 is 0 Å². The summed E-state index contributed by atoms with van der Waals surface area (Å²) in [6.07, 6.45) is 1.62. The van der Waals surface area contributed by atoms with Crippen LogP contribution in [0.2, 0.25) is 0 Å². The number of hydrogen-bond donors (Lipinski definition) is 2. The van der Waals surface area contributed by atoms with E-state index in [0.29, 0.717) is 12.3 Å². The first kappa shape index (κ1) is 12.7. The Morgan fingerprint density at radius 3 is 2.85 bits per heavy atom. The largest absolute Gasteiger partial charge is 0.507 e. The van der Waals surface area contributed by atoms with Crippen LogP contribution in [0, 0.1) is 0 Å². The molecular weight excluding hydrogens is 252 g/mol. The van der Waals surface area contributed by atoms with E-state index >= 15 is 0 Å². The molecule has 0 aliphatic rings. The molecule has 2 aromatic carbocycles. The second kappa shape index (κ2) is 5.35. The second-order valence-electron chi connectivity index (χ2n) is 4.81. The number of aromatic hydroxyl groups is 1. The Morgan fingerprint density at radius 1 is 1.20 bits per heavy atom. The number of phenols is 1. The fraction of sp³-hybridized carbons (Fsp3) is 0.188. The normalized spacial score (nSPS) is 12.7. The fourth-order valence-corrected chi connectivity index (χ4v) is 2.32. The maximum absolute atomic E-state index is 10.4. The summed E-state index contributed by atoms with van der Waals surface area (Å²) in [7, 11) is 0. The van der Waals surface area contributed by atoms with Crippen LogP contribution in [0.5, 0.6) is 5.75 Å². The van der Waals surface area contributed by atoms with Gasteiger partial charge in [0.25, 0.3) is 0 Å². The summed E-state index contributed by atoms with van der Waals surface area (Å²) in [6.45, 7) is 2.59. The standard InChI is InChI=1S/C16H16N2O2/c1-11(17-10-13-8-9-18-20-13)14-7-6-12-4-2-3-5-15(12)16(14)19/h2-9,11,17,19H,10H2,1H3. The minimum atomic E-state index is 0.0182. The van der Waals surface area contributed by atoms with Gasteiger partial charge < -0.3 is 14.9 Å². The van der Waals surface area contributed by atoms with E-state index in [2.05, 4.69) is 10.5 Å². The molecule has 0 aliphatic carbocycles. The van der Waals surface area contributed by atoms with Crippen LogP contribution in [-0.2, 0) is 6.54 Å². The van der Waals surface area contributed by atoms with Gasteiger partial charge in [0.05, 0.1) is 12.7 Å². The van der Waals surface area contributed by atoms with Crippen molar-refractivity contribution in [1.82, 2.24) is 10.5 Å². The van der Waals surface area contributed by atoms with E-state index in [-0.39, 0.29) is 6.04 Å². The van der Waals surface area contributed by atoms with Gasteiger partial charge in [-0.05, 0) is 12.3 Å². The Morgan fingerprint density at radius 2 is 2.05 bits per heavy atom. The van der Waals surface area contributed by atoms with Crippen molar-refractivity contribution in [2.45, 2.75) is 19.5 Å². The number of phenolic OH excluding ortho intramolecular Hbond substituents is 1. The van der Waals surface area contributed by atoms with E-state index in [1.54, 1.807) is 6.20 Å². The molecule has 0 spiro atoms. The Hall–Kier alpha value is -2.33. The van der Waals surface area contributed by atoms with Gasteiger partial charge >= 0.3 is 0 Å². The average molecular weight is 268 g/mol. The first-order valence-electron chi connectivity index (χ1n) is 6.59. The van der Waals surface area contributed by atoms with Gasteiger partial charge in [-0.15, -0.1) is 0 Å². The lowest BCUT2D eigenvalue weighted by atomic mass is 10.0. The highest BCUT2D eigenvalue weighted by molar-refractivity contribution is 5.89. The predicted octanol–water partition coefficient (Wildman–Crippen LogP) is 3.38. The third-order valence-electron chi connectivity index (χ3n) is 3.47. The number of nitrogens with one attached hydrogen (secondary N) is 1. The van der Waals surface area contributed by atoms with Crippen molar-refractivity contribution in [2.75, 3.05) is 0 Å². The van der Waals surface area contributed by atoms with Gasteiger partial charge in [0, 0.05) is 23.1 Å². The first-order valence-corrected chi connectivity index (χ1v) is 6.59. The molecule has 0 amide bonds. The third kappa shape index (κ3) is 2.38. The van der Waals surface area contributed by atoms with Crippen molar-refractivity contribution in [3.63, 3.8) is 0 Å². The zero-order valence-electron chi connectivity index (χ0n) is 11.2. The van der Waals surface area contributed by atoms with Crippen molar-refractivity contribution in [3.8, 4) is 5.75 Å². The molecule has 0 saturated heterocycles. The molecule has 1 unspecified atom stereocenters. The summed E-state index contributed by atoms with van der Waals surface area (Å²) in [5, 5.41) is 19.3. The molecule has 3 rings (SSSR count). The van der Waals surface area contributed by atoms with Crippen molar-refractivity contribution in [2.24, 2.45) is 0 Å². The van der Waals surface area contributed by atoms with Gasteiger partial charge in [0.1, 0.15) is 11.5 Å². The van der Waals surface area contributed by atoms with Crippen LogP contribution in [0.1, 0.15) is 24.3 Å². The smallest absolute Gasteiger partial charge is 0.150 e. The molecule has 102 valence electrons. The van der Waals surface area contributed by atoms with Crippen molar-refractivity contribution >= 4 is 10.8 Å². The van der Waals surface area contributed by atoms with Crippen molar-refractivity contribution in [3.05, 3.63) is 60.0 Å². The molecule has 1 heterocycles. The van der Waals surface area contributed by atoms with Crippen LogP contribution in [0.3, 0.4) is 0 Å². The summed E-state index contributed by atoms with van der Waals surface area (Å²) in [5.41, 5.74) is 0.878. The van der Waals surface area contributed by atoms with E-state index in [0.717, 1.165) is 22.1 Å². The molecule has 4 heteroatoms. The number of benzene rings is 2. The van der Waals surface area contributed by atoms with Crippen LogP contribution >= 0.6 is 0 Å². The van der Waals surface area contributed by atoms with E-state index in [9.17, 15) is 5.11 Å². The molecule has 0 aliphatic heterocycles. The summed E-state index contributed by atoms with van der Waals surface area (Å²) in [4.78, 5) is 0. The van der Waals surface area contributed by atoms with Crippen LogP contribution in [0.25, 0.3) is 10.8 Å². The minimum absolute atomic E-state index is 0.0182. The van der Waals surface area contributed by atoms with E-state index in [1.807, 2.05) is 49.4 Å². The first-order chi connectivity index (χ1) is 9.75. The molecule has 0 saturated carbocycles. The molecule has 1 aromatic heterocycles. The lowest BCUT2D eigenvalue weighted by Crippen LogP contribution is -2.17. The van der Waals surface area contributed by atoms with Gasteiger partial charge in [-0.1, -0.05) is 41.6 Å². The number of aromatic nitrogens is 1. The number of nitrogens with zero attached hydrogens (tertiary/aromatic N) is 1. The fourth-order valence-electron chi connectivity index (χ4n) is 2.32. The molecule has 0 radical (unpaired) electrons. The second-order valence-corrected chi connectivity index (χ2v) is 4.81. The Balaban J connectivity index is 1.84. The highest BCUT2D eigenvalue weighted by Gasteiger charge is 2.13. The molecule has 3 aromatic rings. The molecule has 0 fully saturated rings. The van der Waals surface area contributed by atoms with Gasteiger partial charge in [0.2, 0.25) is 0 Å². The van der Waals surface area contributed by atoms with E-state index in [4.69, 9.17) is 4.52 Å². The summed E-state index contributed by atoms with van der Waals surface area (Å²) >= 11 is 0. The van der Waals surface area contributed by atoms with Crippen LogP contribution < -0.4 is 5.32 Å². The number of hydrogen-bond acceptors (Lipinski definition) is 4. The average Bonchev–Trinajstić information content (AvgIpc) is 2.99. The van der Waals surface area contributed by atoms with Crippen LogP contribution in [-0.4, -0.2) is 10.3 Å². The SMILES string of the molecule is CC(NCc1ccno1)c1ccc2ccccc2c1O. The van der Waals surface area contributed by atoms with Crippen LogP contribution in [0.4, 0.5) is 0 Å². The molecule has 1 atom stereocenters. The molecule has 0 bridgehead atoms. The highest BCUT2D eigenvalue weighted by Crippen LogP contribution is 2.32. The lowest BCUT2D eigenvalue weighted by Gasteiger charge is -2.16. The van der Waals surface area contributed by atoms with Gasteiger partial charge in [-0.2, -0.15) is 0 Å². The zero-order valence-corrected chi connectivity index (χ0v) is 11.2. The zero-order chi connectivity index (χ0) is 13.9. The van der Waals surface area contributed by atoms with Gasteiger partial charge in [-0.3, -0.25) is 0 Å². The maximum atomic E-state index is 10.4. The number of fused-ring (bicyclic) bond motifs is 1. The topological polar surface area (TPSA) is 58.3 Å². The Bertz CT molecular complexity index is 708. The van der Waals surface area contributed by atoms with E-state index in [1.165, 1.54) is 0 Å². The van der Waals surface area contributed by atoms with Gasteiger partial charge in [-0.25, -0.2) is 0 Å². The maximum Gasteiger partial charge on any atom is 0.150 e. The lowest BCUT2D eigenvalue weighted by molar-refractivity contribution is 0.364. The molecule has 2 N–H and O–H groups in total. The summed E-state index contributed by atoms with van der Waals surface area (Å²) in [5.74, 6) is 1.11. The van der Waals surface area contributed by atoms with Crippen LogP contribution in [0.15, 0.2) is 53.2 Å². The minimum Gasteiger partial charge on any atom is -0.507 e. The highest BCUT2D eigenvalue weighted by atomic mass is 16.5.